The van der Waals surface area contributed by atoms with E-state index in [0.29, 0.717) is 15.8 Å². The quantitative estimate of drug-likeness (QED) is 0.766. The zero-order valence-corrected chi connectivity index (χ0v) is 13.2. The highest BCUT2D eigenvalue weighted by Crippen LogP contribution is 2.10. The van der Waals surface area contributed by atoms with Gasteiger partial charge in [0.1, 0.15) is 9.21 Å². The number of esters is 1. The van der Waals surface area contributed by atoms with Gasteiger partial charge in [0.05, 0.1) is 6.61 Å². The fourth-order valence-electron chi connectivity index (χ4n) is 0.907. The highest BCUT2D eigenvalue weighted by Gasteiger charge is 2.12. The van der Waals surface area contributed by atoms with Crippen molar-refractivity contribution in [1.82, 2.24) is 10.3 Å². The van der Waals surface area contributed by atoms with Gasteiger partial charge in [-0.3, -0.25) is 0 Å². The maximum atomic E-state index is 10.9. The van der Waals surface area contributed by atoms with E-state index in [1.165, 1.54) is 12.1 Å². The highest BCUT2D eigenvalue weighted by atomic mass is 79.9. The van der Waals surface area contributed by atoms with E-state index in [1.807, 2.05) is 0 Å². The molecule has 10 heteroatoms. The van der Waals surface area contributed by atoms with Gasteiger partial charge in [0.15, 0.2) is 0 Å². The van der Waals surface area contributed by atoms with E-state index < -0.39 is 11.9 Å². The fraction of sp³-hybridized carbons (Fsp3) is 0.200. The first-order valence-corrected chi connectivity index (χ1v) is 6.67. The van der Waals surface area contributed by atoms with E-state index in [9.17, 15) is 9.59 Å². The van der Waals surface area contributed by atoms with Crippen molar-refractivity contribution in [3.63, 3.8) is 0 Å². The van der Waals surface area contributed by atoms with Gasteiger partial charge in [-0.05, 0) is 38.8 Å². The maximum absolute atomic E-state index is 10.9. The minimum absolute atomic E-state index is 0.110. The molecule has 0 aliphatic heterocycles. The zero-order chi connectivity index (χ0) is 15.1. The third-order valence-corrected chi connectivity index (χ3v) is 2.40. The molecular formula is C10H8Br2N2O6. The van der Waals surface area contributed by atoms with Crippen LogP contribution in [0, 0.1) is 0 Å². The number of nitrogens with zero attached hydrogens (tertiary/aromatic N) is 2. The topological polar surface area (TPSA) is 116 Å². The van der Waals surface area contributed by atoms with Gasteiger partial charge in [0.2, 0.25) is 11.5 Å². The predicted molar refractivity (Wildman–Crippen MR) is 71.3 cm³/mol. The lowest BCUT2D eigenvalue weighted by atomic mass is 10.5. The Morgan fingerprint density at radius 2 is 1.70 bits per heavy atom. The monoisotopic (exact) mass is 410 g/mol. The molecular weight excluding hydrogens is 404 g/mol. The third-order valence-electron chi connectivity index (χ3n) is 1.65. The Bertz CT molecular complexity index is 594. The summed E-state index contributed by atoms with van der Waals surface area (Å²) < 4.78 is 14.5. The normalized spacial score (nSPS) is 9.55. The van der Waals surface area contributed by atoms with E-state index in [2.05, 4.69) is 56.0 Å². The SMILES string of the molecule is CCOC(=O)c1cc(Br)no1.O=C(O)c1cc(Br)no1. The molecule has 0 saturated carbocycles. The first-order chi connectivity index (χ1) is 9.43. The van der Waals surface area contributed by atoms with Crippen molar-refractivity contribution in [2.75, 3.05) is 6.61 Å². The van der Waals surface area contributed by atoms with Crippen LogP contribution in [-0.2, 0) is 4.74 Å². The Labute approximate surface area is 129 Å². The Kier molecular flexibility index (Phi) is 6.39. The second-order valence-electron chi connectivity index (χ2n) is 3.05. The number of carboxylic acid groups (broad SMARTS) is 1. The van der Waals surface area contributed by atoms with E-state index in [4.69, 9.17) is 5.11 Å². The Hall–Kier alpha value is -1.68. The van der Waals surface area contributed by atoms with Crippen molar-refractivity contribution < 1.29 is 28.5 Å². The Morgan fingerprint density at radius 3 is 2.00 bits per heavy atom. The summed E-state index contributed by atoms with van der Waals surface area (Å²) in [7, 11) is 0. The van der Waals surface area contributed by atoms with Gasteiger partial charge in [-0.2, -0.15) is 0 Å². The highest BCUT2D eigenvalue weighted by molar-refractivity contribution is 9.10. The summed E-state index contributed by atoms with van der Waals surface area (Å²) in [4.78, 5) is 20.9. The molecule has 2 heterocycles. The van der Waals surface area contributed by atoms with Crippen molar-refractivity contribution in [2.24, 2.45) is 0 Å². The van der Waals surface area contributed by atoms with E-state index in [0.717, 1.165) is 0 Å². The summed E-state index contributed by atoms with van der Waals surface area (Å²) in [5, 5.41) is 15.0. The number of rotatable bonds is 3. The number of hydrogen-bond acceptors (Lipinski definition) is 7. The molecule has 0 unspecified atom stereocenters. The molecule has 0 spiro atoms. The molecule has 20 heavy (non-hydrogen) atoms. The van der Waals surface area contributed by atoms with Gasteiger partial charge >= 0.3 is 11.9 Å². The van der Waals surface area contributed by atoms with E-state index >= 15 is 0 Å². The molecule has 2 aromatic rings. The molecule has 0 fully saturated rings. The van der Waals surface area contributed by atoms with Crippen molar-refractivity contribution in [1.29, 1.82) is 0 Å². The molecule has 0 aromatic carbocycles. The first kappa shape index (κ1) is 16.4. The molecule has 0 saturated heterocycles. The summed E-state index contributed by atoms with van der Waals surface area (Å²) in [6, 6.07) is 2.74. The van der Waals surface area contributed by atoms with Crippen LogP contribution >= 0.6 is 31.9 Å². The second kappa shape index (κ2) is 7.80. The standard InChI is InChI=1S/C6H6BrNO3.C4H2BrNO3/c1-2-10-6(9)4-3-5(7)8-11-4;5-3-1-2(4(7)8)9-6-3/h3H,2H2,1H3;1H,(H,7,8). The number of ether oxygens (including phenoxy) is 1. The number of carboxylic acids is 1. The number of carbonyl (C=O) groups excluding carboxylic acids is 1. The van der Waals surface area contributed by atoms with Crippen molar-refractivity contribution in [2.45, 2.75) is 6.92 Å². The average Bonchev–Trinajstić information content (AvgIpc) is 2.99. The van der Waals surface area contributed by atoms with Crippen LogP contribution < -0.4 is 0 Å². The number of carbonyl (C=O) groups is 2. The molecule has 0 atom stereocenters. The van der Waals surface area contributed by atoms with Crippen LogP contribution in [0.3, 0.4) is 0 Å². The minimum Gasteiger partial charge on any atom is -0.475 e. The second-order valence-corrected chi connectivity index (χ2v) is 4.68. The molecule has 2 aromatic heterocycles. The fourth-order valence-corrected chi connectivity index (χ4v) is 1.47. The molecule has 2 rings (SSSR count). The molecule has 0 aliphatic carbocycles. The van der Waals surface area contributed by atoms with Gasteiger partial charge in [-0.15, -0.1) is 0 Å². The van der Waals surface area contributed by atoms with Crippen LogP contribution in [0.2, 0.25) is 0 Å². The molecule has 1 N–H and O–H groups in total. The third kappa shape index (κ3) is 5.13. The smallest absolute Gasteiger partial charge is 0.377 e. The first-order valence-electron chi connectivity index (χ1n) is 5.09. The summed E-state index contributed by atoms with van der Waals surface area (Å²) >= 11 is 5.97. The molecule has 0 radical (unpaired) electrons. The Balaban J connectivity index is 0.000000204. The van der Waals surface area contributed by atoms with Crippen LogP contribution in [0.15, 0.2) is 30.4 Å². The lowest BCUT2D eigenvalue weighted by molar-refractivity contribution is 0.0479. The van der Waals surface area contributed by atoms with Gasteiger partial charge < -0.3 is 18.9 Å². The van der Waals surface area contributed by atoms with E-state index in [1.54, 1.807) is 6.92 Å². The van der Waals surface area contributed by atoms with Crippen molar-refractivity contribution in [3.8, 4) is 0 Å². The number of halogens is 2. The molecule has 0 amide bonds. The van der Waals surface area contributed by atoms with Gasteiger partial charge in [0, 0.05) is 12.1 Å². The Morgan fingerprint density at radius 1 is 1.20 bits per heavy atom. The maximum Gasteiger partial charge on any atom is 0.377 e. The summed E-state index contributed by atoms with van der Waals surface area (Å²) in [5.41, 5.74) is 0. The van der Waals surface area contributed by atoms with Gasteiger partial charge in [-0.25, -0.2) is 9.59 Å². The lowest BCUT2D eigenvalue weighted by Gasteiger charge is -1.93. The van der Waals surface area contributed by atoms with Crippen LogP contribution in [0.5, 0.6) is 0 Å². The van der Waals surface area contributed by atoms with Gasteiger partial charge in [0.25, 0.3) is 0 Å². The largest absolute Gasteiger partial charge is 0.475 e. The number of hydrogen-bond donors (Lipinski definition) is 1. The average molecular weight is 412 g/mol. The van der Waals surface area contributed by atoms with Crippen LogP contribution in [0.4, 0.5) is 0 Å². The number of aromatic nitrogens is 2. The summed E-state index contributed by atoms with van der Waals surface area (Å²) in [6.07, 6.45) is 0. The van der Waals surface area contributed by atoms with Crippen LogP contribution in [-0.4, -0.2) is 34.0 Å². The number of aromatic carboxylic acids is 1. The molecule has 0 bridgehead atoms. The van der Waals surface area contributed by atoms with Crippen molar-refractivity contribution >= 4 is 43.8 Å². The van der Waals surface area contributed by atoms with Crippen molar-refractivity contribution in [3.05, 3.63) is 32.9 Å². The molecule has 0 aliphatic rings. The predicted octanol–water partition coefficient (Wildman–Crippen LogP) is 2.75. The van der Waals surface area contributed by atoms with Crippen LogP contribution in [0.25, 0.3) is 0 Å². The zero-order valence-electron chi connectivity index (χ0n) is 10.0. The lowest BCUT2D eigenvalue weighted by Crippen LogP contribution is -2.02. The van der Waals surface area contributed by atoms with E-state index in [-0.39, 0.29) is 11.5 Å². The summed E-state index contributed by atoms with van der Waals surface area (Å²) in [5.74, 6) is -1.67. The molecule has 108 valence electrons. The van der Waals surface area contributed by atoms with Crippen LogP contribution in [0.1, 0.15) is 28.0 Å². The molecule has 8 nitrogen and oxygen atoms in total. The minimum atomic E-state index is -1.12. The summed E-state index contributed by atoms with van der Waals surface area (Å²) in [6.45, 7) is 2.06. The van der Waals surface area contributed by atoms with Gasteiger partial charge in [-0.1, -0.05) is 10.3 Å².